The van der Waals surface area contributed by atoms with E-state index in [0.29, 0.717) is 27.2 Å². The first-order valence-electron chi connectivity index (χ1n) is 5.57. The quantitative estimate of drug-likeness (QED) is 0.669. The van der Waals surface area contributed by atoms with Crippen molar-refractivity contribution in [1.29, 1.82) is 0 Å². The highest BCUT2D eigenvalue weighted by Crippen LogP contribution is 2.23. The van der Waals surface area contributed by atoms with Crippen LogP contribution in [0.2, 0.25) is 10.0 Å². The van der Waals surface area contributed by atoms with Crippen molar-refractivity contribution < 1.29 is 9.84 Å². The van der Waals surface area contributed by atoms with Crippen LogP contribution in [0, 0.1) is 0 Å². The number of hydrogen-bond donors (Lipinski definition) is 2. The molecule has 0 fully saturated rings. The zero-order valence-electron chi connectivity index (χ0n) is 10.5. The number of anilines is 1. The summed E-state index contributed by atoms with van der Waals surface area (Å²) in [6.45, 7) is 0. The van der Waals surface area contributed by atoms with Crippen LogP contribution in [0.25, 0.3) is 0 Å². The molecule has 2 N–H and O–H groups in total. The molecule has 0 spiro atoms. The summed E-state index contributed by atoms with van der Waals surface area (Å²) < 4.78 is 5.07. The third-order valence-corrected chi connectivity index (χ3v) is 2.91. The fraction of sp³-hybridized carbons (Fsp3) is 0.0769. The van der Waals surface area contributed by atoms with Crippen molar-refractivity contribution in [2.24, 2.45) is 5.10 Å². The number of aromatic hydroxyl groups is 1. The van der Waals surface area contributed by atoms with E-state index in [2.05, 4.69) is 15.5 Å². The summed E-state index contributed by atoms with van der Waals surface area (Å²) in [7, 11) is 1.54. The van der Waals surface area contributed by atoms with Crippen LogP contribution in [0.15, 0.2) is 35.6 Å². The molecule has 2 aromatic rings. The van der Waals surface area contributed by atoms with E-state index in [-0.39, 0.29) is 5.75 Å². The summed E-state index contributed by atoms with van der Waals surface area (Å²) in [6.07, 6.45) is 2.89. The van der Waals surface area contributed by atoms with Gasteiger partial charge in [0.1, 0.15) is 11.5 Å². The Labute approximate surface area is 125 Å². The monoisotopic (exact) mass is 311 g/mol. The average molecular weight is 312 g/mol. The second-order valence-corrected chi connectivity index (χ2v) is 4.62. The predicted octanol–water partition coefficient (Wildman–Crippen LogP) is 3.55. The van der Waals surface area contributed by atoms with E-state index < -0.39 is 0 Å². The number of phenols is 1. The minimum atomic E-state index is 0.0894. The second-order valence-electron chi connectivity index (χ2n) is 3.78. The van der Waals surface area contributed by atoms with Gasteiger partial charge in [0.15, 0.2) is 5.82 Å². The number of phenolic OH excluding ortho intramolecular Hbond substituents is 1. The van der Waals surface area contributed by atoms with E-state index in [0.717, 1.165) is 0 Å². The smallest absolute Gasteiger partial charge is 0.165 e. The van der Waals surface area contributed by atoms with Crippen LogP contribution < -0.4 is 10.2 Å². The molecule has 2 rings (SSSR count). The maximum absolute atomic E-state index is 9.68. The van der Waals surface area contributed by atoms with Crippen molar-refractivity contribution in [3.63, 3.8) is 0 Å². The van der Waals surface area contributed by atoms with Crippen molar-refractivity contribution in [2.45, 2.75) is 0 Å². The Balaban J connectivity index is 2.13. The highest BCUT2D eigenvalue weighted by molar-refractivity contribution is 6.35. The van der Waals surface area contributed by atoms with E-state index in [1.807, 2.05) is 0 Å². The van der Waals surface area contributed by atoms with Gasteiger partial charge < -0.3 is 9.84 Å². The summed E-state index contributed by atoms with van der Waals surface area (Å²) >= 11 is 11.7. The number of ether oxygens (including phenoxy) is 1. The van der Waals surface area contributed by atoms with Gasteiger partial charge in [0.2, 0.25) is 0 Å². The summed E-state index contributed by atoms with van der Waals surface area (Å²) in [5.41, 5.74) is 3.17. The van der Waals surface area contributed by atoms with Crippen LogP contribution >= 0.6 is 23.2 Å². The molecule has 0 atom stereocenters. The van der Waals surface area contributed by atoms with Gasteiger partial charge in [-0.2, -0.15) is 5.10 Å². The first-order valence-corrected chi connectivity index (χ1v) is 6.33. The van der Waals surface area contributed by atoms with E-state index in [1.54, 1.807) is 25.3 Å². The third-order valence-electron chi connectivity index (χ3n) is 2.42. The third kappa shape index (κ3) is 3.53. The maximum Gasteiger partial charge on any atom is 0.165 e. The lowest BCUT2D eigenvalue weighted by molar-refractivity contribution is 0.412. The lowest BCUT2D eigenvalue weighted by atomic mass is 10.2. The van der Waals surface area contributed by atoms with Gasteiger partial charge in [0.05, 0.1) is 23.4 Å². The predicted molar refractivity (Wildman–Crippen MR) is 80.1 cm³/mol. The number of hydrazone groups is 1. The van der Waals surface area contributed by atoms with Gasteiger partial charge in [0, 0.05) is 11.8 Å². The molecule has 0 radical (unpaired) electrons. The number of nitrogens with zero attached hydrogens (tertiary/aromatic N) is 2. The standard InChI is InChI=1S/C13H11Cl2N3O2/c1-20-10-2-3-12(19)8(4-10)6-17-18-13-11(15)5-9(14)7-16-13/h2-7,19H,1H3,(H,16,18)/b17-6-. The summed E-state index contributed by atoms with van der Waals surface area (Å²) in [4.78, 5) is 3.99. The molecule has 0 aliphatic rings. The van der Waals surface area contributed by atoms with Crippen LogP contribution in [-0.2, 0) is 0 Å². The molecule has 0 amide bonds. The Morgan fingerprint density at radius 3 is 2.85 bits per heavy atom. The Bertz CT molecular complexity index is 648. The molecule has 20 heavy (non-hydrogen) atoms. The highest BCUT2D eigenvalue weighted by atomic mass is 35.5. The molecule has 0 aliphatic carbocycles. The Hall–Kier alpha value is -1.98. The normalized spacial score (nSPS) is 10.8. The summed E-state index contributed by atoms with van der Waals surface area (Å²) in [5.74, 6) is 1.08. The van der Waals surface area contributed by atoms with Crippen molar-refractivity contribution >= 4 is 35.2 Å². The second kappa shape index (κ2) is 6.45. The van der Waals surface area contributed by atoms with Crippen molar-refractivity contribution in [3.8, 4) is 11.5 Å². The van der Waals surface area contributed by atoms with Gasteiger partial charge in [-0.05, 0) is 24.3 Å². The summed E-state index contributed by atoms with van der Waals surface area (Å²) in [5, 5.41) is 14.4. The molecular weight excluding hydrogens is 301 g/mol. The number of benzene rings is 1. The van der Waals surface area contributed by atoms with E-state index in [1.165, 1.54) is 18.5 Å². The minimum absolute atomic E-state index is 0.0894. The number of rotatable bonds is 4. The molecule has 1 aromatic carbocycles. The number of nitrogens with one attached hydrogen (secondary N) is 1. The minimum Gasteiger partial charge on any atom is -0.507 e. The lowest BCUT2D eigenvalue weighted by Crippen LogP contribution is -1.95. The van der Waals surface area contributed by atoms with Crippen molar-refractivity contribution in [3.05, 3.63) is 46.1 Å². The van der Waals surface area contributed by atoms with E-state index >= 15 is 0 Å². The van der Waals surface area contributed by atoms with Crippen LogP contribution in [0.4, 0.5) is 5.82 Å². The lowest BCUT2D eigenvalue weighted by Gasteiger charge is -2.04. The molecule has 104 valence electrons. The molecule has 0 saturated carbocycles. The summed E-state index contributed by atoms with van der Waals surface area (Å²) in [6, 6.07) is 6.37. The van der Waals surface area contributed by atoms with Gasteiger partial charge in [-0.15, -0.1) is 0 Å². The van der Waals surface area contributed by atoms with Gasteiger partial charge >= 0.3 is 0 Å². The fourth-order valence-corrected chi connectivity index (χ4v) is 1.85. The number of aromatic nitrogens is 1. The maximum atomic E-state index is 9.68. The van der Waals surface area contributed by atoms with Gasteiger partial charge in [-0.1, -0.05) is 23.2 Å². The SMILES string of the molecule is COc1ccc(O)c(/C=N\Nc2ncc(Cl)cc2Cl)c1. The molecule has 0 aliphatic heterocycles. The largest absolute Gasteiger partial charge is 0.507 e. The molecule has 0 bridgehead atoms. The molecule has 5 nitrogen and oxygen atoms in total. The first-order chi connectivity index (χ1) is 9.60. The Morgan fingerprint density at radius 1 is 1.35 bits per heavy atom. The molecule has 1 heterocycles. The highest BCUT2D eigenvalue weighted by Gasteiger charge is 2.02. The topological polar surface area (TPSA) is 66.7 Å². The fourth-order valence-electron chi connectivity index (χ4n) is 1.42. The van der Waals surface area contributed by atoms with Crippen LogP contribution in [0.3, 0.4) is 0 Å². The number of pyridine rings is 1. The molecular formula is C13H11Cl2N3O2. The van der Waals surface area contributed by atoms with Gasteiger partial charge in [-0.25, -0.2) is 4.98 Å². The molecule has 7 heteroatoms. The van der Waals surface area contributed by atoms with Gasteiger partial charge in [0.25, 0.3) is 0 Å². The number of methoxy groups -OCH3 is 1. The zero-order valence-corrected chi connectivity index (χ0v) is 12.0. The van der Waals surface area contributed by atoms with Crippen LogP contribution in [-0.4, -0.2) is 23.4 Å². The number of hydrogen-bond acceptors (Lipinski definition) is 5. The Kier molecular flexibility index (Phi) is 4.65. The first kappa shape index (κ1) is 14.4. The average Bonchev–Trinajstić information content (AvgIpc) is 2.43. The number of halogens is 2. The van der Waals surface area contributed by atoms with Crippen molar-refractivity contribution in [1.82, 2.24) is 4.98 Å². The van der Waals surface area contributed by atoms with Crippen molar-refractivity contribution in [2.75, 3.05) is 12.5 Å². The van der Waals surface area contributed by atoms with Gasteiger partial charge in [-0.3, -0.25) is 5.43 Å². The van der Waals surface area contributed by atoms with Crippen LogP contribution in [0.1, 0.15) is 5.56 Å². The molecule has 0 saturated heterocycles. The van der Waals surface area contributed by atoms with Crippen LogP contribution in [0.5, 0.6) is 11.5 Å². The molecule has 1 aromatic heterocycles. The molecule has 0 unspecified atom stereocenters. The Morgan fingerprint density at radius 2 is 2.15 bits per heavy atom. The van der Waals surface area contributed by atoms with E-state index in [4.69, 9.17) is 27.9 Å². The van der Waals surface area contributed by atoms with E-state index in [9.17, 15) is 5.11 Å². The zero-order chi connectivity index (χ0) is 14.5.